The van der Waals surface area contributed by atoms with E-state index in [2.05, 4.69) is 15.9 Å². The maximum atomic E-state index is 11.9. The summed E-state index contributed by atoms with van der Waals surface area (Å²) in [5, 5.41) is 0.964. The van der Waals surface area contributed by atoms with Crippen LogP contribution >= 0.6 is 15.9 Å². The number of nitrogens with zero attached hydrogens (tertiary/aromatic N) is 1. The average molecular weight is 356 g/mol. The van der Waals surface area contributed by atoms with Crippen LogP contribution in [0.15, 0.2) is 22.7 Å². The van der Waals surface area contributed by atoms with Gasteiger partial charge in [-0.3, -0.25) is 0 Å². The molecule has 2 rings (SSSR count). The molecule has 2 aromatic rings. The number of carbonyl (C=O) groups excluding carboxylic acids is 1. The maximum Gasteiger partial charge on any atom is 0.354 e. The minimum atomic E-state index is -0.319. The van der Waals surface area contributed by atoms with Crippen molar-refractivity contribution < 1.29 is 19.0 Å². The number of aromatic nitrogens is 1. The summed E-state index contributed by atoms with van der Waals surface area (Å²) >= 11 is 3.55. The second-order valence-electron chi connectivity index (χ2n) is 4.58. The van der Waals surface area contributed by atoms with Gasteiger partial charge in [-0.05, 0) is 46.6 Å². The molecule has 21 heavy (non-hydrogen) atoms. The molecule has 0 atom stereocenters. The van der Waals surface area contributed by atoms with Gasteiger partial charge in [0.2, 0.25) is 0 Å². The summed E-state index contributed by atoms with van der Waals surface area (Å²) in [5.74, 6) is -0.319. The van der Waals surface area contributed by atoms with E-state index in [9.17, 15) is 4.79 Å². The van der Waals surface area contributed by atoms with Crippen molar-refractivity contribution in [2.24, 2.45) is 7.05 Å². The Labute approximate surface area is 131 Å². The molecule has 0 aliphatic carbocycles. The fourth-order valence-electron chi connectivity index (χ4n) is 2.23. The summed E-state index contributed by atoms with van der Waals surface area (Å²) in [6, 6.07) is 5.81. The Balaban J connectivity index is 2.38. The molecule has 0 saturated carbocycles. The molecule has 1 heterocycles. The standard InChI is InChI=1S/C15H18BrNO4/c1-4-21-15(18)13-7-11-5-10(8-20-9-19-3)6-12(16)14(11)17(13)2/h5-7H,4,8-9H2,1-3H3. The third kappa shape index (κ3) is 3.45. The number of ether oxygens (including phenoxy) is 3. The lowest BCUT2D eigenvalue weighted by Gasteiger charge is -2.07. The first-order valence-corrected chi connectivity index (χ1v) is 7.39. The lowest BCUT2D eigenvalue weighted by molar-refractivity contribution is -0.0390. The van der Waals surface area contributed by atoms with Crippen LogP contribution in [0.25, 0.3) is 10.9 Å². The average Bonchev–Trinajstić information content (AvgIpc) is 2.77. The molecule has 1 aromatic heterocycles. The summed E-state index contributed by atoms with van der Waals surface area (Å²) < 4.78 is 18.0. The fourth-order valence-corrected chi connectivity index (χ4v) is 3.02. The molecule has 0 aliphatic heterocycles. The molecule has 0 unspecified atom stereocenters. The summed E-state index contributed by atoms with van der Waals surface area (Å²) in [7, 11) is 3.43. The molecule has 0 spiro atoms. The summed E-state index contributed by atoms with van der Waals surface area (Å²) in [6.07, 6.45) is 0. The molecular formula is C15H18BrNO4. The summed E-state index contributed by atoms with van der Waals surface area (Å²) in [5.41, 5.74) is 2.49. The third-order valence-corrected chi connectivity index (χ3v) is 3.70. The van der Waals surface area contributed by atoms with Crippen molar-refractivity contribution in [3.05, 3.63) is 33.9 Å². The van der Waals surface area contributed by atoms with E-state index >= 15 is 0 Å². The number of benzene rings is 1. The van der Waals surface area contributed by atoms with Crippen LogP contribution in [0.3, 0.4) is 0 Å². The number of hydrogen-bond acceptors (Lipinski definition) is 4. The monoisotopic (exact) mass is 355 g/mol. The van der Waals surface area contributed by atoms with Crippen LogP contribution in [0.2, 0.25) is 0 Å². The molecule has 0 N–H and O–H groups in total. The predicted octanol–water partition coefficient (Wildman–Crippen LogP) is 3.24. The largest absolute Gasteiger partial charge is 0.461 e. The molecule has 6 heteroatoms. The van der Waals surface area contributed by atoms with Crippen molar-refractivity contribution >= 4 is 32.8 Å². The molecule has 1 aromatic carbocycles. The molecule has 0 saturated heterocycles. The highest BCUT2D eigenvalue weighted by Crippen LogP contribution is 2.29. The zero-order chi connectivity index (χ0) is 15.4. The Bertz CT molecular complexity index is 651. The second-order valence-corrected chi connectivity index (χ2v) is 5.43. The van der Waals surface area contributed by atoms with E-state index in [1.807, 2.05) is 29.8 Å². The van der Waals surface area contributed by atoms with Gasteiger partial charge in [0, 0.05) is 24.0 Å². The van der Waals surface area contributed by atoms with Crippen molar-refractivity contribution in [2.45, 2.75) is 13.5 Å². The lowest BCUT2D eigenvalue weighted by atomic mass is 10.1. The zero-order valence-corrected chi connectivity index (χ0v) is 13.9. The molecule has 0 fully saturated rings. The van der Waals surface area contributed by atoms with E-state index in [-0.39, 0.29) is 12.8 Å². The van der Waals surface area contributed by atoms with Gasteiger partial charge in [-0.15, -0.1) is 0 Å². The minimum absolute atomic E-state index is 0.249. The Kier molecular flexibility index (Phi) is 5.39. The molecule has 0 amide bonds. The summed E-state index contributed by atoms with van der Waals surface area (Å²) in [4.78, 5) is 11.9. The van der Waals surface area contributed by atoms with E-state index in [0.717, 1.165) is 20.9 Å². The second kappa shape index (κ2) is 7.06. The van der Waals surface area contributed by atoms with Crippen LogP contribution in [0.5, 0.6) is 0 Å². The highest BCUT2D eigenvalue weighted by molar-refractivity contribution is 9.10. The van der Waals surface area contributed by atoms with E-state index in [1.165, 1.54) is 0 Å². The molecule has 0 bridgehead atoms. The van der Waals surface area contributed by atoms with Crippen molar-refractivity contribution in [1.29, 1.82) is 0 Å². The van der Waals surface area contributed by atoms with Crippen LogP contribution in [0.1, 0.15) is 23.0 Å². The van der Waals surface area contributed by atoms with Gasteiger partial charge in [0.15, 0.2) is 0 Å². The number of esters is 1. The van der Waals surface area contributed by atoms with Gasteiger partial charge < -0.3 is 18.8 Å². The van der Waals surface area contributed by atoms with Gasteiger partial charge in [-0.1, -0.05) is 0 Å². The number of fused-ring (bicyclic) bond motifs is 1. The van der Waals surface area contributed by atoms with E-state index in [4.69, 9.17) is 14.2 Å². The minimum Gasteiger partial charge on any atom is -0.461 e. The Morgan fingerprint density at radius 2 is 2.10 bits per heavy atom. The molecular weight excluding hydrogens is 338 g/mol. The highest BCUT2D eigenvalue weighted by Gasteiger charge is 2.16. The maximum absolute atomic E-state index is 11.9. The van der Waals surface area contributed by atoms with Crippen molar-refractivity contribution in [2.75, 3.05) is 20.5 Å². The Hall–Kier alpha value is -1.37. The SMILES string of the molecule is CCOC(=O)c1cc2cc(COCOC)cc(Br)c2n1C. The van der Waals surface area contributed by atoms with Gasteiger partial charge in [0.25, 0.3) is 0 Å². The number of hydrogen-bond donors (Lipinski definition) is 0. The normalized spacial score (nSPS) is 11.0. The number of halogens is 1. The van der Waals surface area contributed by atoms with Gasteiger partial charge in [0.1, 0.15) is 12.5 Å². The quantitative estimate of drug-likeness (QED) is 0.453. The number of aryl methyl sites for hydroxylation is 1. The topological polar surface area (TPSA) is 49.7 Å². The van der Waals surface area contributed by atoms with Crippen molar-refractivity contribution in [1.82, 2.24) is 4.57 Å². The fraction of sp³-hybridized carbons (Fsp3) is 0.400. The highest BCUT2D eigenvalue weighted by atomic mass is 79.9. The molecule has 114 valence electrons. The molecule has 0 aliphatic rings. The summed E-state index contributed by atoms with van der Waals surface area (Å²) in [6.45, 7) is 2.85. The van der Waals surface area contributed by atoms with Gasteiger partial charge >= 0.3 is 5.97 Å². The van der Waals surface area contributed by atoms with Gasteiger partial charge in [-0.2, -0.15) is 0 Å². The van der Waals surface area contributed by atoms with Crippen LogP contribution in [0.4, 0.5) is 0 Å². The van der Waals surface area contributed by atoms with Crippen LogP contribution < -0.4 is 0 Å². The number of carbonyl (C=O) groups is 1. The van der Waals surface area contributed by atoms with Crippen molar-refractivity contribution in [3.8, 4) is 0 Å². The first kappa shape index (κ1) is 16.0. The smallest absolute Gasteiger partial charge is 0.354 e. The Morgan fingerprint density at radius 1 is 1.33 bits per heavy atom. The van der Waals surface area contributed by atoms with E-state index in [0.29, 0.717) is 18.9 Å². The van der Waals surface area contributed by atoms with Crippen molar-refractivity contribution in [3.63, 3.8) is 0 Å². The number of methoxy groups -OCH3 is 1. The lowest BCUT2D eigenvalue weighted by Crippen LogP contribution is -2.09. The van der Waals surface area contributed by atoms with Gasteiger partial charge in [-0.25, -0.2) is 4.79 Å². The third-order valence-electron chi connectivity index (χ3n) is 3.10. The molecule has 0 radical (unpaired) electrons. The Morgan fingerprint density at radius 3 is 2.76 bits per heavy atom. The number of rotatable bonds is 6. The van der Waals surface area contributed by atoms with Crippen LogP contribution in [-0.4, -0.2) is 31.0 Å². The predicted molar refractivity (Wildman–Crippen MR) is 83.2 cm³/mol. The molecule has 5 nitrogen and oxygen atoms in total. The van der Waals surface area contributed by atoms with E-state index in [1.54, 1.807) is 14.0 Å². The first-order chi connectivity index (χ1) is 10.1. The van der Waals surface area contributed by atoms with E-state index < -0.39 is 0 Å². The van der Waals surface area contributed by atoms with Crippen LogP contribution in [0, 0.1) is 0 Å². The van der Waals surface area contributed by atoms with Crippen LogP contribution in [-0.2, 0) is 27.9 Å². The first-order valence-electron chi connectivity index (χ1n) is 6.60. The zero-order valence-electron chi connectivity index (χ0n) is 12.3. The van der Waals surface area contributed by atoms with Gasteiger partial charge in [0.05, 0.1) is 18.7 Å².